The maximum atomic E-state index is 12.2. The molecule has 2 unspecified atom stereocenters. The van der Waals surface area contributed by atoms with Crippen LogP contribution < -0.4 is 10.6 Å². The zero-order chi connectivity index (χ0) is 22.4. The van der Waals surface area contributed by atoms with E-state index in [-0.39, 0.29) is 24.0 Å². The van der Waals surface area contributed by atoms with Crippen molar-refractivity contribution < 1.29 is 8.42 Å². The van der Waals surface area contributed by atoms with Crippen molar-refractivity contribution in [1.82, 2.24) is 19.8 Å². The zero-order valence-electron chi connectivity index (χ0n) is 19.2. The van der Waals surface area contributed by atoms with E-state index in [0.29, 0.717) is 23.5 Å². The lowest BCUT2D eigenvalue weighted by atomic mass is 10.2. The summed E-state index contributed by atoms with van der Waals surface area (Å²) in [6, 6.07) is 18.3. The van der Waals surface area contributed by atoms with Crippen molar-refractivity contribution in [3.63, 3.8) is 0 Å². The Morgan fingerprint density at radius 2 is 1.75 bits per heavy atom. The largest absolute Gasteiger partial charge is 0.352 e. The zero-order valence-corrected chi connectivity index (χ0v) is 22.3. The molecule has 1 fully saturated rings. The Morgan fingerprint density at radius 3 is 2.34 bits per heavy atom. The SMILES string of the molecule is CN=C(NCc1ccc(S(=O)(=O)N(C)C)cc1)NC1CC(C)N(Cc2ccccc2)C1.I. The van der Waals surface area contributed by atoms with Crippen LogP contribution >= 0.6 is 24.0 Å². The van der Waals surface area contributed by atoms with Gasteiger partial charge in [-0.25, -0.2) is 12.7 Å². The van der Waals surface area contributed by atoms with E-state index in [9.17, 15) is 8.42 Å². The highest BCUT2D eigenvalue weighted by Crippen LogP contribution is 2.20. The molecule has 0 bridgehead atoms. The first-order chi connectivity index (χ1) is 14.8. The van der Waals surface area contributed by atoms with Gasteiger partial charge >= 0.3 is 0 Å². The Bertz CT molecular complexity index is 981. The first kappa shape index (κ1) is 26.6. The van der Waals surface area contributed by atoms with Crippen molar-refractivity contribution in [3.05, 3.63) is 65.7 Å². The summed E-state index contributed by atoms with van der Waals surface area (Å²) >= 11 is 0. The van der Waals surface area contributed by atoms with Gasteiger partial charge in [0.2, 0.25) is 10.0 Å². The van der Waals surface area contributed by atoms with Gasteiger partial charge in [0, 0.05) is 52.9 Å². The average molecular weight is 572 g/mol. The Kier molecular flexibility index (Phi) is 9.93. The molecule has 176 valence electrons. The molecule has 2 atom stereocenters. The van der Waals surface area contributed by atoms with Crippen LogP contribution in [0.3, 0.4) is 0 Å². The molecule has 3 rings (SSSR count). The van der Waals surface area contributed by atoms with Crippen molar-refractivity contribution in [3.8, 4) is 0 Å². The quantitative estimate of drug-likeness (QED) is 0.304. The number of aliphatic imine (C=N–C) groups is 1. The van der Waals surface area contributed by atoms with Gasteiger partial charge < -0.3 is 10.6 Å². The fraction of sp³-hybridized carbons (Fsp3) is 0.435. The molecule has 1 heterocycles. The van der Waals surface area contributed by atoms with Gasteiger partial charge in [-0.3, -0.25) is 9.89 Å². The van der Waals surface area contributed by atoms with Gasteiger partial charge in [0.05, 0.1) is 4.90 Å². The number of nitrogens with zero attached hydrogens (tertiary/aromatic N) is 3. The number of nitrogens with one attached hydrogen (secondary N) is 2. The summed E-state index contributed by atoms with van der Waals surface area (Å²) in [5.74, 6) is 0.753. The molecule has 1 saturated heterocycles. The molecule has 1 aliphatic rings. The minimum Gasteiger partial charge on any atom is -0.352 e. The molecule has 0 spiro atoms. The van der Waals surface area contributed by atoms with Gasteiger partial charge in [-0.1, -0.05) is 42.5 Å². The third kappa shape index (κ3) is 6.90. The van der Waals surface area contributed by atoms with Crippen molar-refractivity contribution in [2.24, 2.45) is 4.99 Å². The molecule has 7 nitrogen and oxygen atoms in total. The summed E-state index contributed by atoms with van der Waals surface area (Å²) in [6.07, 6.45) is 1.06. The average Bonchev–Trinajstić information content (AvgIpc) is 3.10. The molecule has 0 radical (unpaired) electrons. The smallest absolute Gasteiger partial charge is 0.242 e. The second-order valence-electron chi connectivity index (χ2n) is 8.20. The molecule has 1 aliphatic heterocycles. The van der Waals surface area contributed by atoms with Crippen molar-refractivity contribution >= 4 is 40.0 Å². The van der Waals surface area contributed by atoms with E-state index in [1.54, 1.807) is 19.2 Å². The Labute approximate surface area is 209 Å². The predicted molar refractivity (Wildman–Crippen MR) is 141 cm³/mol. The van der Waals surface area contributed by atoms with Gasteiger partial charge in [-0.2, -0.15) is 0 Å². The summed E-state index contributed by atoms with van der Waals surface area (Å²) < 4.78 is 25.6. The van der Waals surface area contributed by atoms with Crippen LogP contribution in [0.25, 0.3) is 0 Å². The molecular weight excluding hydrogens is 537 g/mol. The third-order valence-corrected chi connectivity index (χ3v) is 7.49. The summed E-state index contributed by atoms with van der Waals surface area (Å²) in [5, 5.41) is 6.86. The summed E-state index contributed by atoms with van der Waals surface area (Å²) in [6.45, 7) is 4.75. The molecule has 0 aliphatic carbocycles. The molecule has 0 aromatic heterocycles. The van der Waals surface area contributed by atoms with E-state index in [1.807, 2.05) is 18.2 Å². The number of rotatable bonds is 7. The van der Waals surface area contributed by atoms with Gasteiger partial charge in [0.15, 0.2) is 5.96 Å². The fourth-order valence-electron chi connectivity index (χ4n) is 3.81. The van der Waals surface area contributed by atoms with Crippen LogP contribution in [0.5, 0.6) is 0 Å². The predicted octanol–water partition coefficient (Wildman–Crippen LogP) is 2.88. The van der Waals surface area contributed by atoms with Crippen LogP contribution in [0.15, 0.2) is 64.5 Å². The highest BCUT2D eigenvalue weighted by Gasteiger charge is 2.29. The second kappa shape index (κ2) is 12.0. The molecule has 2 N–H and O–H groups in total. The number of sulfonamides is 1. The number of benzene rings is 2. The van der Waals surface area contributed by atoms with Crippen LogP contribution in [-0.4, -0.2) is 63.4 Å². The number of guanidine groups is 1. The summed E-state index contributed by atoms with van der Waals surface area (Å²) in [7, 11) is 1.43. The topological polar surface area (TPSA) is 77.0 Å². The van der Waals surface area contributed by atoms with E-state index in [1.165, 1.54) is 24.0 Å². The number of hydrogen-bond donors (Lipinski definition) is 2. The fourth-order valence-corrected chi connectivity index (χ4v) is 4.71. The van der Waals surface area contributed by atoms with Crippen LogP contribution in [0, 0.1) is 0 Å². The van der Waals surface area contributed by atoms with Crippen molar-refractivity contribution in [2.75, 3.05) is 27.7 Å². The maximum absolute atomic E-state index is 12.2. The van der Waals surface area contributed by atoms with E-state index in [2.05, 4.69) is 51.7 Å². The minimum atomic E-state index is -3.41. The maximum Gasteiger partial charge on any atom is 0.242 e. The van der Waals surface area contributed by atoms with Crippen LogP contribution in [-0.2, 0) is 23.1 Å². The summed E-state index contributed by atoms with van der Waals surface area (Å²) in [5.41, 5.74) is 2.32. The monoisotopic (exact) mass is 571 g/mol. The van der Waals surface area contributed by atoms with Crippen LogP contribution in [0.4, 0.5) is 0 Å². The Morgan fingerprint density at radius 1 is 1.09 bits per heavy atom. The number of hydrogen-bond acceptors (Lipinski definition) is 4. The summed E-state index contributed by atoms with van der Waals surface area (Å²) in [4.78, 5) is 7.14. The molecule has 9 heteroatoms. The van der Waals surface area contributed by atoms with E-state index in [0.717, 1.165) is 31.0 Å². The highest BCUT2D eigenvalue weighted by atomic mass is 127. The van der Waals surface area contributed by atoms with Crippen molar-refractivity contribution in [1.29, 1.82) is 0 Å². The normalized spacial score (nSPS) is 19.6. The lowest BCUT2D eigenvalue weighted by Gasteiger charge is -2.21. The molecular formula is C23H34IN5O2S. The first-order valence-corrected chi connectivity index (χ1v) is 12.0. The number of halogens is 1. The van der Waals surface area contributed by atoms with E-state index < -0.39 is 10.0 Å². The lowest BCUT2D eigenvalue weighted by molar-refractivity contribution is 0.258. The minimum absolute atomic E-state index is 0. The first-order valence-electron chi connectivity index (χ1n) is 10.6. The van der Waals surface area contributed by atoms with Crippen LogP contribution in [0.2, 0.25) is 0 Å². The van der Waals surface area contributed by atoms with Crippen molar-refractivity contribution in [2.45, 2.75) is 43.4 Å². The van der Waals surface area contributed by atoms with Gasteiger partial charge in [0.1, 0.15) is 0 Å². The second-order valence-corrected chi connectivity index (χ2v) is 10.4. The van der Waals surface area contributed by atoms with Gasteiger partial charge in [-0.05, 0) is 36.6 Å². The van der Waals surface area contributed by atoms with Crippen LogP contribution in [0.1, 0.15) is 24.5 Å². The Hall–Kier alpha value is -1.69. The Balaban J connectivity index is 0.00000363. The molecule has 2 aromatic carbocycles. The molecule has 2 aromatic rings. The van der Waals surface area contributed by atoms with Gasteiger partial charge in [0.25, 0.3) is 0 Å². The number of likely N-dealkylation sites (tertiary alicyclic amines) is 1. The third-order valence-electron chi connectivity index (χ3n) is 5.66. The molecule has 0 amide bonds. The molecule has 32 heavy (non-hydrogen) atoms. The van der Waals surface area contributed by atoms with E-state index >= 15 is 0 Å². The van der Waals surface area contributed by atoms with E-state index in [4.69, 9.17) is 0 Å². The van der Waals surface area contributed by atoms with Gasteiger partial charge in [-0.15, -0.1) is 24.0 Å². The highest BCUT2D eigenvalue weighted by molar-refractivity contribution is 14.0. The standard InChI is InChI=1S/C23H33N5O2S.HI/c1-18-14-21(17-28(18)16-20-8-6-5-7-9-20)26-23(24-2)25-15-19-10-12-22(13-11-19)31(29,30)27(3)4;/h5-13,18,21H,14-17H2,1-4H3,(H2,24,25,26);1H. The lowest BCUT2D eigenvalue weighted by Crippen LogP contribution is -2.44. The molecule has 0 saturated carbocycles.